The topological polar surface area (TPSA) is 50.1 Å². The van der Waals surface area contributed by atoms with Crippen LogP contribution >= 0.6 is 12.2 Å². The maximum absolute atomic E-state index is 5.15. The highest BCUT2D eigenvalue weighted by Gasteiger charge is 1.99. The fraction of sp³-hybridized carbons (Fsp3) is 0.364. The van der Waals surface area contributed by atoms with Crippen molar-refractivity contribution in [2.45, 2.75) is 26.3 Å². The van der Waals surface area contributed by atoms with Crippen LogP contribution in [-0.2, 0) is 6.54 Å². The van der Waals surface area contributed by atoms with Crippen molar-refractivity contribution in [3.8, 4) is 0 Å². The van der Waals surface area contributed by atoms with Crippen LogP contribution in [0.15, 0.2) is 24.3 Å². The summed E-state index contributed by atoms with van der Waals surface area (Å²) in [6.07, 6.45) is 0. The van der Waals surface area contributed by atoms with Crippen molar-refractivity contribution in [2.75, 3.05) is 0 Å². The van der Waals surface area contributed by atoms with E-state index in [1.165, 1.54) is 11.1 Å². The van der Waals surface area contributed by atoms with Gasteiger partial charge >= 0.3 is 0 Å². The predicted molar refractivity (Wildman–Crippen MR) is 67.3 cm³/mol. The molecule has 0 atom stereocenters. The quantitative estimate of drug-likeness (QED) is 0.414. The molecule has 15 heavy (non-hydrogen) atoms. The molecule has 0 fully saturated rings. The van der Waals surface area contributed by atoms with Crippen molar-refractivity contribution < 1.29 is 0 Å². The van der Waals surface area contributed by atoms with Gasteiger partial charge in [0.1, 0.15) is 0 Å². The maximum Gasteiger partial charge on any atom is 0.180 e. The molecule has 82 valence electrons. The molecule has 4 N–H and O–H groups in total. The predicted octanol–water partition coefficient (Wildman–Crippen LogP) is 1.65. The molecule has 3 nitrogen and oxygen atoms in total. The molecule has 1 aromatic rings. The Hall–Kier alpha value is -1.13. The van der Waals surface area contributed by atoms with Gasteiger partial charge in [-0.25, -0.2) is 5.84 Å². The Morgan fingerprint density at radius 2 is 1.93 bits per heavy atom. The molecule has 0 heterocycles. The summed E-state index contributed by atoms with van der Waals surface area (Å²) in [5.41, 5.74) is 4.92. The lowest BCUT2D eigenvalue weighted by molar-refractivity contribution is 0.850. The third-order valence-electron chi connectivity index (χ3n) is 2.23. The Bertz CT molecular complexity index is 319. The number of nitrogens with one attached hydrogen (secondary N) is 2. The number of hydrogen-bond donors (Lipinski definition) is 3. The highest BCUT2D eigenvalue weighted by molar-refractivity contribution is 7.80. The van der Waals surface area contributed by atoms with Crippen molar-refractivity contribution in [1.29, 1.82) is 0 Å². The first-order valence-electron chi connectivity index (χ1n) is 4.96. The Kier molecular flexibility index (Phi) is 4.52. The van der Waals surface area contributed by atoms with Crippen LogP contribution in [0.3, 0.4) is 0 Å². The molecule has 0 saturated heterocycles. The van der Waals surface area contributed by atoms with E-state index in [1.807, 2.05) is 0 Å². The summed E-state index contributed by atoms with van der Waals surface area (Å²) in [5, 5.41) is 3.45. The van der Waals surface area contributed by atoms with Crippen LogP contribution in [0.5, 0.6) is 0 Å². The second-order valence-corrected chi connectivity index (χ2v) is 4.13. The van der Waals surface area contributed by atoms with Crippen LogP contribution in [0, 0.1) is 0 Å². The zero-order valence-electron chi connectivity index (χ0n) is 9.08. The number of hydrogen-bond acceptors (Lipinski definition) is 2. The van der Waals surface area contributed by atoms with Gasteiger partial charge in [0.05, 0.1) is 0 Å². The second kappa shape index (κ2) is 5.68. The molecular weight excluding hydrogens is 206 g/mol. The molecule has 0 aliphatic rings. The van der Waals surface area contributed by atoms with Gasteiger partial charge < -0.3 is 10.7 Å². The zero-order chi connectivity index (χ0) is 11.3. The molecular formula is C11H17N3S. The van der Waals surface area contributed by atoms with E-state index in [4.69, 9.17) is 18.1 Å². The minimum atomic E-state index is 0.461. The monoisotopic (exact) mass is 223 g/mol. The van der Waals surface area contributed by atoms with Crippen LogP contribution in [0.2, 0.25) is 0 Å². The zero-order valence-corrected chi connectivity index (χ0v) is 9.90. The summed E-state index contributed by atoms with van der Waals surface area (Å²) in [5.74, 6) is 5.71. The Balaban J connectivity index is 2.53. The van der Waals surface area contributed by atoms with Crippen LogP contribution in [0.1, 0.15) is 30.9 Å². The first-order valence-corrected chi connectivity index (χ1v) is 5.37. The molecule has 1 aromatic carbocycles. The third-order valence-corrected chi connectivity index (χ3v) is 2.49. The van der Waals surface area contributed by atoms with Gasteiger partial charge in [0.15, 0.2) is 5.11 Å². The lowest BCUT2D eigenvalue weighted by Crippen LogP contribution is -2.39. The van der Waals surface area contributed by atoms with E-state index >= 15 is 0 Å². The lowest BCUT2D eigenvalue weighted by Gasteiger charge is -2.09. The Labute approximate surface area is 96.0 Å². The van der Waals surface area contributed by atoms with Crippen LogP contribution in [0.4, 0.5) is 0 Å². The van der Waals surface area contributed by atoms with Crippen molar-refractivity contribution >= 4 is 17.3 Å². The highest BCUT2D eigenvalue weighted by Crippen LogP contribution is 2.14. The number of rotatable bonds is 3. The fourth-order valence-corrected chi connectivity index (χ4v) is 1.33. The first-order chi connectivity index (χ1) is 7.13. The summed E-state index contributed by atoms with van der Waals surface area (Å²) in [6, 6.07) is 8.48. The molecule has 1 rings (SSSR count). The van der Waals surface area contributed by atoms with Gasteiger partial charge in [-0.2, -0.15) is 0 Å². The minimum absolute atomic E-state index is 0.461. The van der Waals surface area contributed by atoms with Crippen molar-refractivity contribution in [1.82, 2.24) is 10.7 Å². The van der Waals surface area contributed by atoms with Crippen molar-refractivity contribution in [3.05, 3.63) is 35.4 Å². The van der Waals surface area contributed by atoms with Crippen LogP contribution < -0.4 is 16.6 Å². The smallest absolute Gasteiger partial charge is 0.180 e. The third kappa shape index (κ3) is 3.85. The summed E-state index contributed by atoms with van der Waals surface area (Å²) in [6.45, 7) is 5.06. The summed E-state index contributed by atoms with van der Waals surface area (Å²) < 4.78 is 0. The molecule has 0 spiro atoms. The molecule has 0 bridgehead atoms. The van der Waals surface area contributed by atoms with Gasteiger partial charge in [0.2, 0.25) is 0 Å². The largest absolute Gasteiger partial charge is 0.358 e. The van der Waals surface area contributed by atoms with Crippen molar-refractivity contribution in [3.63, 3.8) is 0 Å². The molecule has 0 aliphatic heterocycles. The lowest BCUT2D eigenvalue weighted by atomic mass is 10.0. The van der Waals surface area contributed by atoms with Gasteiger partial charge in [0.25, 0.3) is 0 Å². The van der Waals surface area contributed by atoms with Crippen molar-refractivity contribution in [2.24, 2.45) is 5.84 Å². The summed E-state index contributed by atoms with van der Waals surface area (Å²) >= 11 is 4.87. The fourth-order valence-electron chi connectivity index (χ4n) is 1.25. The SMILES string of the molecule is CC(C)c1ccc(CNC(=S)NN)cc1. The Morgan fingerprint density at radius 3 is 2.40 bits per heavy atom. The van der Waals surface area contributed by atoms with E-state index in [2.05, 4.69) is 48.9 Å². The number of benzene rings is 1. The molecule has 0 radical (unpaired) electrons. The molecule has 0 unspecified atom stereocenters. The normalized spacial score (nSPS) is 10.1. The van der Waals surface area contributed by atoms with Gasteiger partial charge in [0, 0.05) is 6.54 Å². The number of thiocarbonyl (C=S) groups is 1. The van der Waals surface area contributed by atoms with E-state index in [-0.39, 0.29) is 0 Å². The molecule has 4 heteroatoms. The number of hydrazine groups is 1. The van der Waals surface area contributed by atoms with Gasteiger partial charge in [-0.1, -0.05) is 38.1 Å². The standard InChI is InChI=1S/C11H17N3S/c1-8(2)10-5-3-9(4-6-10)7-13-11(15)14-12/h3-6,8H,7,12H2,1-2H3,(H2,13,14,15). The molecule has 0 amide bonds. The van der Waals surface area contributed by atoms with Crippen LogP contribution in [-0.4, -0.2) is 5.11 Å². The first kappa shape index (κ1) is 11.9. The van der Waals surface area contributed by atoms with E-state index in [1.54, 1.807) is 0 Å². The van der Waals surface area contributed by atoms with Crippen LogP contribution in [0.25, 0.3) is 0 Å². The van der Waals surface area contributed by atoms with E-state index in [9.17, 15) is 0 Å². The second-order valence-electron chi connectivity index (χ2n) is 3.72. The van der Waals surface area contributed by atoms with Gasteiger partial charge in [-0.15, -0.1) is 0 Å². The highest BCUT2D eigenvalue weighted by atomic mass is 32.1. The summed E-state index contributed by atoms with van der Waals surface area (Å²) in [7, 11) is 0. The summed E-state index contributed by atoms with van der Waals surface area (Å²) in [4.78, 5) is 0. The maximum atomic E-state index is 5.15. The van der Waals surface area contributed by atoms with Gasteiger partial charge in [-0.3, -0.25) is 0 Å². The average molecular weight is 223 g/mol. The Morgan fingerprint density at radius 1 is 1.33 bits per heavy atom. The van der Waals surface area contributed by atoms with E-state index in [0.717, 1.165) is 0 Å². The van der Waals surface area contributed by atoms with E-state index in [0.29, 0.717) is 17.6 Å². The van der Waals surface area contributed by atoms with E-state index < -0.39 is 0 Å². The molecule has 0 saturated carbocycles. The molecule has 0 aliphatic carbocycles. The molecule has 0 aromatic heterocycles. The van der Waals surface area contributed by atoms with Gasteiger partial charge in [-0.05, 0) is 29.3 Å². The number of nitrogens with two attached hydrogens (primary N) is 1. The minimum Gasteiger partial charge on any atom is -0.358 e. The average Bonchev–Trinajstić information content (AvgIpc) is 2.26.